The molecular weight excluding hydrogens is 451 g/mol. The third-order valence-electron chi connectivity index (χ3n) is 6.20. The van der Waals surface area contributed by atoms with E-state index in [9.17, 15) is 27.9 Å². The van der Waals surface area contributed by atoms with E-state index in [-0.39, 0.29) is 11.7 Å². The molecule has 2 N–H and O–H groups in total. The molecule has 1 aromatic carbocycles. The van der Waals surface area contributed by atoms with Crippen molar-refractivity contribution in [1.29, 1.82) is 0 Å². The van der Waals surface area contributed by atoms with E-state index in [4.69, 9.17) is 0 Å². The first-order valence-electron chi connectivity index (χ1n) is 10.9. The quantitative estimate of drug-likeness (QED) is 0.593. The number of hydrogen-bond donors (Lipinski definition) is 2. The highest BCUT2D eigenvalue weighted by Gasteiger charge is 2.31. The Balaban J connectivity index is 1.74. The molecule has 3 heterocycles. The van der Waals surface area contributed by atoms with Gasteiger partial charge in [0, 0.05) is 42.4 Å². The minimum atomic E-state index is -1.17. The van der Waals surface area contributed by atoms with Crippen molar-refractivity contribution in [3.8, 4) is 5.88 Å². The summed E-state index contributed by atoms with van der Waals surface area (Å²) in [4.78, 5) is 28.3. The molecule has 0 bridgehead atoms. The number of likely N-dealkylation sites (N-methyl/N-ethyl adjacent to an activating group) is 1. The van der Waals surface area contributed by atoms with Crippen LogP contribution < -0.4 is 10.9 Å². The third-order valence-corrected chi connectivity index (χ3v) is 6.20. The van der Waals surface area contributed by atoms with Gasteiger partial charge in [-0.05, 0) is 31.9 Å². The molecule has 1 aliphatic heterocycles. The second kappa shape index (κ2) is 8.32. The summed E-state index contributed by atoms with van der Waals surface area (Å²) in [6.45, 7) is 0.755. The van der Waals surface area contributed by atoms with Gasteiger partial charge in [-0.3, -0.25) is 14.2 Å². The molecule has 34 heavy (non-hydrogen) atoms. The topological polar surface area (TPSA) is 91.9 Å². The molecule has 5 rings (SSSR count). The Morgan fingerprint density at radius 2 is 1.94 bits per heavy atom. The van der Waals surface area contributed by atoms with Crippen LogP contribution in [0.4, 0.5) is 13.2 Å². The van der Waals surface area contributed by atoms with E-state index in [0.717, 1.165) is 34.0 Å². The van der Waals surface area contributed by atoms with Gasteiger partial charge < -0.3 is 15.3 Å². The van der Waals surface area contributed by atoms with Gasteiger partial charge in [0.1, 0.15) is 17.5 Å². The fourth-order valence-electron chi connectivity index (χ4n) is 4.14. The average Bonchev–Trinajstić information content (AvgIpc) is 3.48. The van der Waals surface area contributed by atoms with Crippen LogP contribution in [0.2, 0.25) is 0 Å². The maximum atomic E-state index is 14.5. The molecule has 8 nitrogen and oxygen atoms in total. The first-order valence-corrected chi connectivity index (χ1v) is 10.9. The second-order valence-electron chi connectivity index (χ2n) is 8.72. The zero-order valence-electron chi connectivity index (χ0n) is 18.3. The number of nitrogens with zero attached hydrogens (tertiary/aromatic N) is 4. The molecule has 11 heteroatoms. The summed E-state index contributed by atoms with van der Waals surface area (Å²) in [7, 11) is 1.95. The van der Waals surface area contributed by atoms with Crippen LogP contribution >= 0.6 is 0 Å². The van der Waals surface area contributed by atoms with Crippen LogP contribution in [0.3, 0.4) is 0 Å². The Morgan fingerprint density at radius 1 is 1.24 bits per heavy atom. The Morgan fingerprint density at radius 3 is 2.56 bits per heavy atom. The van der Waals surface area contributed by atoms with Crippen molar-refractivity contribution >= 4 is 17.1 Å². The van der Waals surface area contributed by atoms with Crippen LogP contribution in [0.25, 0.3) is 11.2 Å². The highest BCUT2D eigenvalue weighted by Crippen LogP contribution is 2.29. The van der Waals surface area contributed by atoms with Gasteiger partial charge >= 0.3 is 0 Å². The van der Waals surface area contributed by atoms with Crippen molar-refractivity contribution < 1.29 is 23.1 Å². The SMILES string of the molecule is CN1CC=C(c2cnn3c(O)c(C(=O)NC4CC4)c(=O)n(Cc4c(F)cc(F)cc4F)c23)CC1. The van der Waals surface area contributed by atoms with Gasteiger partial charge in [-0.15, -0.1) is 0 Å². The second-order valence-corrected chi connectivity index (χ2v) is 8.72. The highest BCUT2D eigenvalue weighted by molar-refractivity contribution is 5.97. The number of carbonyl (C=O) groups is 1. The maximum absolute atomic E-state index is 14.5. The fourth-order valence-corrected chi connectivity index (χ4v) is 4.14. The molecule has 2 aliphatic rings. The molecule has 1 fully saturated rings. The summed E-state index contributed by atoms with van der Waals surface area (Å²) in [6.07, 6.45) is 5.52. The number of rotatable bonds is 5. The van der Waals surface area contributed by atoms with E-state index in [2.05, 4.69) is 15.3 Å². The van der Waals surface area contributed by atoms with Gasteiger partial charge in [0.15, 0.2) is 11.2 Å². The van der Waals surface area contributed by atoms with Crippen molar-refractivity contribution in [3.63, 3.8) is 0 Å². The van der Waals surface area contributed by atoms with Crippen molar-refractivity contribution in [3.05, 3.63) is 68.9 Å². The van der Waals surface area contributed by atoms with Gasteiger partial charge in [-0.1, -0.05) is 6.08 Å². The van der Waals surface area contributed by atoms with E-state index in [1.165, 1.54) is 6.20 Å². The smallest absolute Gasteiger partial charge is 0.270 e. The number of fused-ring (bicyclic) bond motifs is 1. The zero-order valence-corrected chi connectivity index (χ0v) is 18.3. The predicted molar refractivity (Wildman–Crippen MR) is 117 cm³/mol. The largest absolute Gasteiger partial charge is 0.492 e. The lowest BCUT2D eigenvalue weighted by atomic mass is 10.0. The van der Waals surface area contributed by atoms with Crippen molar-refractivity contribution in [2.75, 3.05) is 20.1 Å². The van der Waals surface area contributed by atoms with Crippen LogP contribution in [0.1, 0.15) is 40.7 Å². The van der Waals surface area contributed by atoms with Gasteiger partial charge in [-0.25, -0.2) is 13.2 Å². The number of hydrogen-bond acceptors (Lipinski definition) is 5. The molecule has 1 saturated carbocycles. The summed E-state index contributed by atoms with van der Waals surface area (Å²) in [5.74, 6) is -4.88. The molecule has 3 aromatic rings. The third kappa shape index (κ3) is 3.85. The number of aromatic hydroxyl groups is 1. The van der Waals surface area contributed by atoms with Gasteiger partial charge in [-0.2, -0.15) is 9.61 Å². The number of carbonyl (C=O) groups excluding carboxylic acids is 1. The lowest BCUT2D eigenvalue weighted by Crippen LogP contribution is -2.36. The lowest BCUT2D eigenvalue weighted by molar-refractivity contribution is 0.0945. The molecule has 0 spiro atoms. The van der Waals surface area contributed by atoms with Crippen LogP contribution in [0, 0.1) is 17.5 Å². The average molecular weight is 473 g/mol. The van der Waals surface area contributed by atoms with E-state index in [0.29, 0.717) is 30.7 Å². The Kier molecular flexibility index (Phi) is 5.43. The summed E-state index contributed by atoms with van der Waals surface area (Å²) in [6, 6.07) is 0.955. The summed E-state index contributed by atoms with van der Waals surface area (Å²) in [5.41, 5.74) is -0.622. The predicted octanol–water partition coefficient (Wildman–Crippen LogP) is 2.28. The van der Waals surface area contributed by atoms with Crippen LogP contribution in [0.15, 0.2) is 29.2 Å². The molecule has 0 unspecified atom stereocenters. The van der Waals surface area contributed by atoms with Crippen LogP contribution in [-0.4, -0.2) is 56.3 Å². The number of amides is 1. The minimum absolute atomic E-state index is 0.0874. The normalized spacial score (nSPS) is 16.6. The minimum Gasteiger partial charge on any atom is -0.492 e. The fraction of sp³-hybridized carbons (Fsp3) is 0.348. The number of nitrogens with one attached hydrogen (secondary N) is 1. The molecule has 1 amide bonds. The molecule has 178 valence electrons. The Bertz CT molecular complexity index is 1380. The van der Waals surface area contributed by atoms with E-state index in [1.807, 2.05) is 13.1 Å². The molecule has 0 atom stereocenters. The van der Waals surface area contributed by atoms with Crippen LogP contribution in [0.5, 0.6) is 5.88 Å². The van der Waals surface area contributed by atoms with Gasteiger partial charge in [0.2, 0.25) is 5.88 Å². The molecule has 0 saturated heterocycles. The number of halogens is 3. The zero-order chi connectivity index (χ0) is 24.1. The monoisotopic (exact) mass is 473 g/mol. The molecule has 0 radical (unpaired) electrons. The maximum Gasteiger partial charge on any atom is 0.270 e. The van der Waals surface area contributed by atoms with Gasteiger partial charge in [0.05, 0.1) is 12.7 Å². The van der Waals surface area contributed by atoms with Gasteiger partial charge in [0.25, 0.3) is 11.5 Å². The highest BCUT2D eigenvalue weighted by atomic mass is 19.1. The standard InChI is InChI=1S/C23H22F3N5O3/c1-29-6-4-12(5-7-29)15-10-27-31-21(15)30(11-16-17(25)8-13(24)9-18(16)26)22(33)19(23(31)34)20(32)28-14-2-3-14/h4,8-10,14,34H,2-3,5-7,11H2,1H3,(H,28,32). The van der Waals surface area contributed by atoms with Crippen molar-refractivity contribution in [2.24, 2.45) is 0 Å². The van der Waals surface area contributed by atoms with E-state index in [1.54, 1.807) is 0 Å². The molecule has 2 aromatic heterocycles. The molecular formula is C23H22F3N5O3. The summed E-state index contributed by atoms with van der Waals surface area (Å²) in [5, 5.41) is 17.6. The lowest BCUT2D eigenvalue weighted by Gasteiger charge is -2.22. The number of aromatic nitrogens is 3. The Labute approximate surface area is 191 Å². The summed E-state index contributed by atoms with van der Waals surface area (Å²) >= 11 is 0. The van der Waals surface area contributed by atoms with E-state index >= 15 is 0 Å². The number of benzene rings is 1. The van der Waals surface area contributed by atoms with E-state index < -0.39 is 52.5 Å². The van der Waals surface area contributed by atoms with Crippen molar-refractivity contribution in [2.45, 2.75) is 31.8 Å². The van der Waals surface area contributed by atoms with Crippen LogP contribution in [-0.2, 0) is 6.54 Å². The molecule has 1 aliphatic carbocycles. The first kappa shape index (κ1) is 22.2. The summed E-state index contributed by atoms with van der Waals surface area (Å²) < 4.78 is 44.5. The first-order chi connectivity index (χ1) is 16.2. The Hall–Kier alpha value is -3.60. The van der Waals surface area contributed by atoms with Crippen molar-refractivity contribution in [1.82, 2.24) is 24.4 Å².